The van der Waals surface area contributed by atoms with Crippen molar-refractivity contribution in [1.29, 1.82) is 0 Å². The number of benzene rings is 1. The predicted octanol–water partition coefficient (Wildman–Crippen LogP) is 2.32. The van der Waals surface area contributed by atoms with Gasteiger partial charge in [0.25, 0.3) is 0 Å². The maximum Gasteiger partial charge on any atom is 0.218 e. The van der Waals surface area contributed by atoms with Gasteiger partial charge in [-0.15, -0.1) is 0 Å². The lowest BCUT2D eigenvalue weighted by Gasteiger charge is -2.43. The Kier molecular flexibility index (Phi) is 4.73. The van der Waals surface area contributed by atoms with E-state index in [1.54, 1.807) is 12.1 Å². The average Bonchev–Trinajstić information content (AvgIpc) is 2.65. The van der Waals surface area contributed by atoms with Gasteiger partial charge < -0.3 is 4.74 Å². The zero-order chi connectivity index (χ0) is 19.1. The summed E-state index contributed by atoms with van der Waals surface area (Å²) in [4.78, 5) is 8.87. The van der Waals surface area contributed by atoms with Crippen LogP contribution in [0.1, 0.15) is 35.5 Å². The molecule has 4 rings (SSSR count). The third kappa shape index (κ3) is 3.49. The first kappa shape index (κ1) is 18.5. The molecule has 0 atom stereocenters. The van der Waals surface area contributed by atoms with Crippen molar-refractivity contribution in [3.05, 3.63) is 58.9 Å². The molecule has 6 nitrogen and oxygen atoms in total. The van der Waals surface area contributed by atoms with Gasteiger partial charge in [-0.1, -0.05) is 18.2 Å². The van der Waals surface area contributed by atoms with Gasteiger partial charge in [0.05, 0.1) is 18.1 Å². The number of aryl methyl sites for hydroxylation is 1. The van der Waals surface area contributed by atoms with Crippen molar-refractivity contribution >= 4 is 10.0 Å². The van der Waals surface area contributed by atoms with Crippen molar-refractivity contribution in [1.82, 2.24) is 14.3 Å². The van der Waals surface area contributed by atoms with Gasteiger partial charge in [-0.25, -0.2) is 27.1 Å². The Morgan fingerprint density at radius 3 is 2.74 bits per heavy atom. The number of ether oxygens (including phenoxy) is 1. The molecule has 8 heteroatoms. The summed E-state index contributed by atoms with van der Waals surface area (Å²) >= 11 is 0. The minimum atomic E-state index is -3.59. The molecule has 0 N–H and O–H groups in total. The highest BCUT2D eigenvalue weighted by molar-refractivity contribution is 7.88. The van der Waals surface area contributed by atoms with Crippen LogP contribution < -0.4 is 0 Å². The molecule has 0 saturated carbocycles. The number of nitrogens with zero attached hydrogens (tertiary/aromatic N) is 3. The van der Waals surface area contributed by atoms with E-state index >= 15 is 0 Å². The van der Waals surface area contributed by atoms with E-state index < -0.39 is 21.4 Å². The first-order valence-corrected chi connectivity index (χ1v) is 10.7. The van der Waals surface area contributed by atoms with Gasteiger partial charge in [0, 0.05) is 24.8 Å². The topological polar surface area (TPSA) is 72.4 Å². The molecule has 0 aliphatic carbocycles. The zero-order valence-corrected chi connectivity index (χ0v) is 16.0. The number of halogens is 1. The van der Waals surface area contributed by atoms with Crippen LogP contribution in [0.25, 0.3) is 0 Å². The van der Waals surface area contributed by atoms with E-state index in [2.05, 4.69) is 9.97 Å². The molecule has 3 heterocycles. The molecule has 144 valence electrons. The highest BCUT2D eigenvalue weighted by atomic mass is 32.2. The fourth-order valence-corrected chi connectivity index (χ4v) is 5.46. The molecule has 0 radical (unpaired) electrons. The molecule has 2 aliphatic heterocycles. The van der Waals surface area contributed by atoms with Crippen molar-refractivity contribution in [3.63, 3.8) is 0 Å². The highest BCUT2D eigenvalue weighted by Gasteiger charge is 2.44. The monoisotopic (exact) mass is 391 g/mol. The Labute approximate surface area is 158 Å². The van der Waals surface area contributed by atoms with Gasteiger partial charge >= 0.3 is 0 Å². The maximum atomic E-state index is 13.9. The fraction of sp³-hybridized carbons (Fsp3) is 0.474. The van der Waals surface area contributed by atoms with Gasteiger partial charge in [-0.05, 0) is 37.8 Å². The lowest BCUT2D eigenvalue weighted by Crippen LogP contribution is -2.49. The van der Waals surface area contributed by atoms with Crippen LogP contribution in [0, 0.1) is 12.7 Å². The molecular formula is C19H22FN3O3S. The Bertz CT molecular complexity index is 956. The Morgan fingerprint density at radius 2 is 2.00 bits per heavy atom. The molecule has 1 aromatic heterocycles. The number of aromatic nitrogens is 2. The second kappa shape index (κ2) is 6.92. The molecule has 0 amide bonds. The van der Waals surface area contributed by atoms with Crippen LogP contribution in [0.15, 0.2) is 30.5 Å². The third-order valence-corrected chi connectivity index (χ3v) is 7.21. The third-order valence-electron chi connectivity index (χ3n) is 5.39. The van der Waals surface area contributed by atoms with Crippen LogP contribution in [-0.2, 0) is 32.5 Å². The van der Waals surface area contributed by atoms with Crippen LogP contribution in [0.5, 0.6) is 0 Å². The Hall–Kier alpha value is -1.90. The summed E-state index contributed by atoms with van der Waals surface area (Å²) in [6.45, 7) is 3.09. The van der Waals surface area contributed by atoms with E-state index in [4.69, 9.17) is 4.74 Å². The summed E-state index contributed by atoms with van der Waals surface area (Å²) in [7, 11) is -3.59. The van der Waals surface area contributed by atoms with E-state index in [0.29, 0.717) is 38.4 Å². The summed E-state index contributed by atoms with van der Waals surface area (Å²) in [6.07, 6.45) is 3.69. The smallest absolute Gasteiger partial charge is 0.218 e. The highest BCUT2D eigenvalue weighted by Crippen LogP contribution is 2.41. The predicted molar refractivity (Wildman–Crippen MR) is 97.9 cm³/mol. The number of hydrogen-bond donors (Lipinski definition) is 0. The van der Waals surface area contributed by atoms with E-state index in [0.717, 1.165) is 17.7 Å². The van der Waals surface area contributed by atoms with Crippen molar-refractivity contribution in [3.8, 4) is 0 Å². The molecular weight excluding hydrogens is 369 g/mol. The van der Waals surface area contributed by atoms with Crippen molar-refractivity contribution < 1.29 is 17.5 Å². The first-order valence-electron chi connectivity index (χ1n) is 9.08. The largest absolute Gasteiger partial charge is 0.368 e. The van der Waals surface area contributed by atoms with Crippen LogP contribution in [-0.4, -0.2) is 42.4 Å². The molecule has 1 spiro atoms. The van der Waals surface area contributed by atoms with E-state index in [9.17, 15) is 12.8 Å². The second-order valence-electron chi connectivity index (χ2n) is 7.13. The number of sulfonamides is 1. The summed E-state index contributed by atoms with van der Waals surface area (Å²) in [5, 5.41) is 0. The van der Waals surface area contributed by atoms with Crippen molar-refractivity contribution in [2.24, 2.45) is 0 Å². The van der Waals surface area contributed by atoms with Gasteiger partial charge in [-0.2, -0.15) is 0 Å². The molecule has 27 heavy (non-hydrogen) atoms. The van der Waals surface area contributed by atoms with Gasteiger partial charge in [0.15, 0.2) is 0 Å². The SMILES string of the molecule is Cc1ncc2c(n1)C1(CCN(S(=O)(=O)Cc3ccccc3F)CC1)OCC2. The van der Waals surface area contributed by atoms with Crippen LogP contribution in [0.4, 0.5) is 4.39 Å². The lowest BCUT2D eigenvalue weighted by molar-refractivity contribution is -0.0927. The summed E-state index contributed by atoms with van der Waals surface area (Å²) in [5.41, 5.74) is 1.62. The standard InChI is InChI=1S/C19H22FN3O3S/c1-14-21-12-15-6-11-26-19(18(15)22-14)7-9-23(10-8-19)27(24,25)13-16-4-2-3-5-17(16)20/h2-5,12H,6-11,13H2,1H3. The maximum absolute atomic E-state index is 13.9. The van der Waals surface area contributed by atoms with E-state index in [-0.39, 0.29) is 11.3 Å². The normalized spacial score (nSPS) is 19.8. The van der Waals surface area contributed by atoms with Gasteiger partial charge in [0.1, 0.15) is 17.2 Å². The van der Waals surface area contributed by atoms with Crippen molar-refractivity contribution in [2.45, 2.75) is 37.5 Å². The Balaban J connectivity index is 1.53. The molecule has 1 aromatic carbocycles. The van der Waals surface area contributed by atoms with Crippen LogP contribution in [0.2, 0.25) is 0 Å². The van der Waals surface area contributed by atoms with E-state index in [1.807, 2.05) is 13.1 Å². The number of piperidine rings is 1. The quantitative estimate of drug-likeness (QED) is 0.803. The van der Waals surface area contributed by atoms with E-state index in [1.165, 1.54) is 16.4 Å². The van der Waals surface area contributed by atoms with Crippen LogP contribution >= 0.6 is 0 Å². The Morgan fingerprint density at radius 1 is 1.26 bits per heavy atom. The molecule has 0 bridgehead atoms. The fourth-order valence-electron chi connectivity index (χ4n) is 3.91. The molecule has 2 aliphatic rings. The van der Waals surface area contributed by atoms with Crippen LogP contribution in [0.3, 0.4) is 0 Å². The summed E-state index contributed by atoms with van der Waals surface area (Å²) in [5.74, 6) is -0.134. The molecule has 1 fully saturated rings. The van der Waals surface area contributed by atoms with Gasteiger partial charge in [-0.3, -0.25) is 0 Å². The first-order chi connectivity index (χ1) is 12.9. The van der Waals surface area contributed by atoms with Crippen molar-refractivity contribution in [2.75, 3.05) is 19.7 Å². The summed E-state index contributed by atoms with van der Waals surface area (Å²) < 4.78 is 47.0. The molecule has 0 unspecified atom stereocenters. The molecule has 1 saturated heterocycles. The lowest BCUT2D eigenvalue weighted by atomic mass is 9.84. The number of fused-ring (bicyclic) bond motifs is 2. The van der Waals surface area contributed by atoms with Gasteiger partial charge in [0.2, 0.25) is 10.0 Å². The number of rotatable bonds is 3. The summed E-state index contributed by atoms with van der Waals surface area (Å²) in [6, 6.07) is 6.00. The minimum absolute atomic E-state index is 0.195. The average molecular weight is 391 g/mol. The zero-order valence-electron chi connectivity index (χ0n) is 15.2. The number of hydrogen-bond acceptors (Lipinski definition) is 5. The minimum Gasteiger partial charge on any atom is -0.368 e. The molecule has 2 aromatic rings. The second-order valence-corrected chi connectivity index (χ2v) is 9.10.